The summed E-state index contributed by atoms with van der Waals surface area (Å²) in [5, 5.41) is 1.14. The van der Waals surface area contributed by atoms with Crippen molar-refractivity contribution in [2.24, 2.45) is 0 Å². The van der Waals surface area contributed by atoms with E-state index >= 15 is 0 Å². The minimum absolute atomic E-state index is 0.797. The zero-order valence-electron chi connectivity index (χ0n) is 13.4. The van der Waals surface area contributed by atoms with Gasteiger partial charge in [-0.15, -0.1) is 0 Å². The second kappa shape index (κ2) is 6.74. The summed E-state index contributed by atoms with van der Waals surface area (Å²) in [6.07, 6.45) is 0. The molecular weight excluding hydrogens is 296 g/mol. The van der Waals surface area contributed by atoms with Crippen LogP contribution < -0.4 is 4.90 Å². The second-order valence-electron chi connectivity index (χ2n) is 5.79. The first-order chi connectivity index (χ1) is 11.9. The van der Waals surface area contributed by atoms with Gasteiger partial charge in [-0.2, -0.15) is 0 Å². The lowest BCUT2D eigenvalue weighted by atomic mass is 10.1. The molecule has 3 aromatic rings. The van der Waals surface area contributed by atoms with Crippen molar-refractivity contribution in [1.29, 1.82) is 0 Å². The van der Waals surface area contributed by atoms with Crippen LogP contribution in [0.1, 0.15) is 11.3 Å². The zero-order chi connectivity index (χ0) is 16.2. The summed E-state index contributed by atoms with van der Waals surface area (Å²) in [5.74, 6) is 6.36. The predicted molar refractivity (Wildman–Crippen MR) is 97.2 cm³/mol. The van der Waals surface area contributed by atoms with Gasteiger partial charge < -0.3 is 9.64 Å². The highest BCUT2D eigenvalue weighted by Crippen LogP contribution is 2.16. The Morgan fingerprint density at radius 2 is 1.62 bits per heavy atom. The summed E-state index contributed by atoms with van der Waals surface area (Å²) in [6.45, 7) is 3.50. The number of aromatic nitrogens is 1. The SMILES string of the molecule is C(#Cc1ccc2ccccc2n1)c1ccc(N2CCOCC2)cc1. The van der Waals surface area contributed by atoms with Crippen molar-refractivity contribution in [3.63, 3.8) is 0 Å². The molecule has 0 amide bonds. The van der Waals surface area contributed by atoms with Crippen molar-refractivity contribution in [2.45, 2.75) is 0 Å². The summed E-state index contributed by atoms with van der Waals surface area (Å²) >= 11 is 0. The number of fused-ring (bicyclic) bond motifs is 1. The van der Waals surface area contributed by atoms with Crippen molar-refractivity contribution in [2.75, 3.05) is 31.2 Å². The molecule has 0 unspecified atom stereocenters. The molecular formula is C21H18N2O. The lowest BCUT2D eigenvalue weighted by molar-refractivity contribution is 0.122. The molecule has 118 valence electrons. The number of pyridine rings is 1. The first-order valence-electron chi connectivity index (χ1n) is 8.19. The van der Waals surface area contributed by atoms with Crippen LogP contribution in [0.3, 0.4) is 0 Å². The summed E-state index contributed by atoms with van der Waals surface area (Å²) in [6, 6.07) is 20.5. The maximum Gasteiger partial charge on any atom is 0.114 e. The van der Waals surface area contributed by atoms with Gasteiger partial charge in [0.15, 0.2) is 0 Å². The van der Waals surface area contributed by atoms with Crippen LogP contribution in [0.5, 0.6) is 0 Å². The maximum atomic E-state index is 5.39. The van der Waals surface area contributed by atoms with E-state index in [1.54, 1.807) is 0 Å². The molecule has 3 heteroatoms. The van der Waals surface area contributed by atoms with E-state index in [0.717, 1.165) is 48.5 Å². The molecule has 1 aliphatic rings. The molecule has 24 heavy (non-hydrogen) atoms. The molecule has 1 aliphatic heterocycles. The van der Waals surface area contributed by atoms with E-state index < -0.39 is 0 Å². The fourth-order valence-corrected chi connectivity index (χ4v) is 2.85. The Labute approximate surface area is 141 Å². The van der Waals surface area contributed by atoms with E-state index in [0.29, 0.717) is 0 Å². The first kappa shape index (κ1) is 14.7. The Kier molecular flexibility index (Phi) is 4.14. The average molecular weight is 314 g/mol. The second-order valence-corrected chi connectivity index (χ2v) is 5.79. The van der Waals surface area contributed by atoms with Gasteiger partial charge in [0.1, 0.15) is 5.69 Å². The number of hydrogen-bond donors (Lipinski definition) is 0. The van der Waals surface area contributed by atoms with E-state index in [2.05, 4.69) is 58.1 Å². The van der Waals surface area contributed by atoms with Gasteiger partial charge in [0.05, 0.1) is 18.7 Å². The molecule has 0 aliphatic carbocycles. The standard InChI is InChI=1S/C21H18N2O/c1-2-4-21-18(3-1)8-10-19(22-21)9-5-17-6-11-20(12-7-17)23-13-15-24-16-14-23/h1-4,6-8,10-12H,13-16H2. The molecule has 0 N–H and O–H groups in total. The van der Waals surface area contributed by atoms with Crippen LogP contribution >= 0.6 is 0 Å². The normalized spacial score (nSPS) is 14.2. The number of hydrogen-bond acceptors (Lipinski definition) is 3. The molecule has 2 aromatic carbocycles. The van der Waals surface area contributed by atoms with E-state index in [9.17, 15) is 0 Å². The summed E-state index contributed by atoms with van der Waals surface area (Å²) in [5.41, 5.74) is 4.01. The van der Waals surface area contributed by atoms with Gasteiger partial charge in [-0.25, -0.2) is 4.98 Å². The fourth-order valence-electron chi connectivity index (χ4n) is 2.85. The number of nitrogens with zero attached hydrogens (tertiary/aromatic N) is 2. The molecule has 0 spiro atoms. The van der Waals surface area contributed by atoms with Crippen LogP contribution in [0.2, 0.25) is 0 Å². The smallest absolute Gasteiger partial charge is 0.114 e. The summed E-state index contributed by atoms with van der Waals surface area (Å²) in [4.78, 5) is 6.92. The van der Waals surface area contributed by atoms with Gasteiger partial charge in [-0.1, -0.05) is 30.2 Å². The molecule has 0 radical (unpaired) electrons. The Morgan fingerprint density at radius 3 is 2.46 bits per heavy atom. The van der Waals surface area contributed by atoms with Crippen LogP contribution in [0.15, 0.2) is 60.7 Å². The third kappa shape index (κ3) is 3.24. The number of benzene rings is 2. The Hall–Kier alpha value is -2.83. The van der Waals surface area contributed by atoms with E-state index in [4.69, 9.17) is 4.74 Å². The van der Waals surface area contributed by atoms with Crippen molar-refractivity contribution >= 4 is 16.6 Å². The van der Waals surface area contributed by atoms with Crippen LogP contribution in [0.4, 0.5) is 5.69 Å². The quantitative estimate of drug-likeness (QED) is 0.643. The third-order valence-corrected chi connectivity index (χ3v) is 4.18. The lowest BCUT2D eigenvalue weighted by Crippen LogP contribution is -2.36. The Balaban J connectivity index is 1.53. The molecule has 1 aromatic heterocycles. The number of ether oxygens (including phenoxy) is 1. The van der Waals surface area contributed by atoms with Gasteiger partial charge in [0.25, 0.3) is 0 Å². The predicted octanol–water partition coefficient (Wildman–Crippen LogP) is 3.47. The topological polar surface area (TPSA) is 25.4 Å². The van der Waals surface area contributed by atoms with Crippen molar-refractivity contribution in [3.05, 3.63) is 71.9 Å². The molecule has 4 rings (SSSR count). The number of para-hydroxylation sites is 1. The van der Waals surface area contributed by atoms with E-state index in [1.807, 2.05) is 24.3 Å². The largest absolute Gasteiger partial charge is 0.378 e. The first-order valence-corrected chi connectivity index (χ1v) is 8.19. The van der Waals surface area contributed by atoms with Crippen molar-refractivity contribution < 1.29 is 4.74 Å². The van der Waals surface area contributed by atoms with E-state index in [-0.39, 0.29) is 0 Å². The average Bonchev–Trinajstić information content (AvgIpc) is 2.67. The third-order valence-electron chi connectivity index (χ3n) is 4.18. The monoisotopic (exact) mass is 314 g/mol. The highest BCUT2D eigenvalue weighted by molar-refractivity contribution is 5.78. The van der Waals surface area contributed by atoms with Gasteiger partial charge in [0.2, 0.25) is 0 Å². The summed E-state index contributed by atoms with van der Waals surface area (Å²) < 4.78 is 5.39. The van der Waals surface area contributed by atoms with Gasteiger partial charge >= 0.3 is 0 Å². The van der Waals surface area contributed by atoms with E-state index in [1.165, 1.54) is 5.69 Å². The molecule has 0 atom stereocenters. The van der Waals surface area contributed by atoms with Gasteiger partial charge in [0, 0.05) is 29.7 Å². The van der Waals surface area contributed by atoms with Crippen LogP contribution in [-0.2, 0) is 4.74 Å². The van der Waals surface area contributed by atoms with Crippen molar-refractivity contribution in [1.82, 2.24) is 4.98 Å². The van der Waals surface area contributed by atoms with Crippen LogP contribution in [0.25, 0.3) is 10.9 Å². The maximum absolute atomic E-state index is 5.39. The fraction of sp³-hybridized carbons (Fsp3) is 0.190. The Morgan fingerprint density at radius 1 is 0.833 bits per heavy atom. The molecule has 2 heterocycles. The molecule has 1 saturated heterocycles. The van der Waals surface area contributed by atoms with Crippen LogP contribution in [-0.4, -0.2) is 31.3 Å². The molecule has 0 bridgehead atoms. The molecule has 0 saturated carbocycles. The lowest BCUT2D eigenvalue weighted by Gasteiger charge is -2.28. The summed E-state index contributed by atoms with van der Waals surface area (Å²) in [7, 11) is 0. The van der Waals surface area contributed by atoms with Gasteiger partial charge in [-0.05, 0) is 42.3 Å². The van der Waals surface area contributed by atoms with Crippen molar-refractivity contribution in [3.8, 4) is 11.8 Å². The zero-order valence-corrected chi connectivity index (χ0v) is 13.4. The Bertz CT molecular complexity index is 900. The van der Waals surface area contributed by atoms with Gasteiger partial charge in [-0.3, -0.25) is 0 Å². The minimum atomic E-state index is 0.797. The van der Waals surface area contributed by atoms with Crippen LogP contribution in [0, 0.1) is 11.8 Å². The number of rotatable bonds is 1. The number of anilines is 1. The highest BCUT2D eigenvalue weighted by Gasteiger charge is 2.10. The molecule has 1 fully saturated rings. The minimum Gasteiger partial charge on any atom is -0.378 e. The number of morpholine rings is 1. The molecule has 3 nitrogen and oxygen atoms in total. The highest BCUT2D eigenvalue weighted by atomic mass is 16.5.